The fourth-order valence-electron chi connectivity index (χ4n) is 3.96. The van der Waals surface area contributed by atoms with Gasteiger partial charge in [0.05, 0.1) is 0 Å². The zero-order valence-corrected chi connectivity index (χ0v) is 14.8. The Balaban J connectivity index is 1.59. The largest absolute Gasteiger partial charge is 0.481 e. The average Bonchev–Trinajstić information content (AvgIpc) is 2.67. The summed E-state index contributed by atoms with van der Waals surface area (Å²) in [7, 11) is 0. The molecular weight excluding hydrogens is 316 g/mol. The van der Waals surface area contributed by atoms with Crippen molar-refractivity contribution in [2.24, 2.45) is 5.92 Å². The molecule has 1 aromatic carbocycles. The van der Waals surface area contributed by atoms with Gasteiger partial charge in [-0.3, -0.25) is 9.59 Å². The first-order chi connectivity index (χ1) is 12.1. The molecule has 0 aromatic heterocycles. The van der Waals surface area contributed by atoms with Crippen molar-refractivity contribution in [2.45, 2.75) is 44.9 Å². The molecule has 1 atom stereocenters. The number of benzene rings is 1. The fraction of sp³-hybridized carbons (Fsp3) is 0.600. The van der Waals surface area contributed by atoms with Crippen LogP contribution >= 0.6 is 0 Å². The molecule has 25 heavy (non-hydrogen) atoms. The highest BCUT2D eigenvalue weighted by Gasteiger charge is 2.25. The van der Waals surface area contributed by atoms with Crippen molar-refractivity contribution in [1.82, 2.24) is 4.90 Å². The summed E-state index contributed by atoms with van der Waals surface area (Å²) in [4.78, 5) is 27.8. The molecule has 0 radical (unpaired) electrons. The van der Waals surface area contributed by atoms with Gasteiger partial charge in [-0.2, -0.15) is 0 Å². The third-order valence-corrected chi connectivity index (χ3v) is 5.41. The second-order valence-corrected chi connectivity index (χ2v) is 7.29. The van der Waals surface area contributed by atoms with Gasteiger partial charge in [-0.15, -0.1) is 0 Å². The van der Waals surface area contributed by atoms with Crippen LogP contribution in [0.25, 0.3) is 0 Å². The van der Waals surface area contributed by atoms with E-state index in [0.29, 0.717) is 18.9 Å². The molecule has 5 heteroatoms. The van der Waals surface area contributed by atoms with Crippen LogP contribution in [0.15, 0.2) is 24.3 Å². The third-order valence-electron chi connectivity index (χ3n) is 5.41. The first-order valence-electron chi connectivity index (χ1n) is 9.49. The van der Waals surface area contributed by atoms with E-state index in [9.17, 15) is 9.59 Å². The van der Waals surface area contributed by atoms with Crippen LogP contribution < -0.4 is 4.90 Å². The van der Waals surface area contributed by atoms with E-state index in [0.717, 1.165) is 38.0 Å². The molecular formula is C20H28N2O3. The summed E-state index contributed by atoms with van der Waals surface area (Å²) in [5.74, 6) is -0.372. The number of likely N-dealkylation sites (tertiary alicyclic amines) is 1. The number of aliphatic carboxylic acids is 1. The Hall–Kier alpha value is -2.04. The lowest BCUT2D eigenvalue weighted by molar-refractivity contribution is -0.137. The number of nitrogens with zero attached hydrogens (tertiary/aromatic N) is 2. The van der Waals surface area contributed by atoms with Gasteiger partial charge in [0.1, 0.15) is 0 Å². The number of carboxylic acids is 1. The molecule has 1 N–H and O–H groups in total. The van der Waals surface area contributed by atoms with Crippen molar-refractivity contribution in [3.63, 3.8) is 0 Å². The minimum Gasteiger partial charge on any atom is -0.481 e. The van der Waals surface area contributed by atoms with Gasteiger partial charge in [0.15, 0.2) is 0 Å². The maximum atomic E-state index is 12.8. The molecule has 2 saturated heterocycles. The molecule has 3 rings (SSSR count). The highest BCUT2D eigenvalue weighted by atomic mass is 16.4. The SMILES string of the molecule is O=C(O)CCC1CCCN(C(=O)c2ccc(N3CCCCC3)cc2)C1. The van der Waals surface area contributed by atoms with Crippen LogP contribution in [0.5, 0.6) is 0 Å². The number of anilines is 1. The number of hydrogen-bond acceptors (Lipinski definition) is 3. The van der Waals surface area contributed by atoms with E-state index in [1.165, 1.54) is 24.9 Å². The fourth-order valence-corrected chi connectivity index (χ4v) is 3.96. The Labute approximate surface area is 149 Å². The van der Waals surface area contributed by atoms with Crippen LogP contribution in [0.2, 0.25) is 0 Å². The zero-order chi connectivity index (χ0) is 17.6. The predicted molar refractivity (Wildman–Crippen MR) is 98.0 cm³/mol. The second-order valence-electron chi connectivity index (χ2n) is 7.29. The zero-order valence-electron chi connectivity index (χ0n) is 14.8. The molecule has 0 spiro atoms. The maximum Gasteiger partial charge on any atom is 0.303 e. The third kappa shape index (κ3) is 4.74. The lowest BCUT2D eigenvalue weighted by Gasteiger charge is -2.33. The van der Waals surface area contributed by atoms with Crippen molar-refractivity contribution in [1.29, 1.82) is 0 Å². The maximum absolute atomic E-state index is 12.8. The van der Waals surface area contributed by atoms with Crippen LogP contribution in [-0.2, 0) is 4.79 Å². The molecule has 2 aliphatic rings. The van der Waals surface area contributed by atoms with Crippen molar-refractivity contribution < 1.29 is 14.7 Å². The molecule has 5 nitrogen and oxygen atoms in total. The van der Waals surface area contributed by atoms with E-state index < -0.39 is 5.97 Å². The van der Waals surface area contributed by atoms with Crippen LogP contribution in [0.1, 0.15) is 55.3 Å². The van der Waals surface area contributed by atoms with Gasteiger partial charge in [-0.05, 0) is 68.7 Å². The number of piperidine rings is 2. The van der Waals surface area contributed by atoms with Gasteiger partial charge < -0.3 is 14.9 Å². The summed E-state index contributed by atoms with van der Waals surface area (Å²) in [5, 5.41) is 8.85. The number of hydrogen-bond donors (Lipinski definition) is 1. The molecule has 0 aliphatic carbocycles. The Morgan fingerprint density at radius 2 is 1.72 bits per heavy atom. The first kappa shape index (κ1) is 17.8. The molecule has 2 heterocycles. The molecule has 0 saturated carbocycles. The lowest BCUT2D eigenvalue weighted by Crippen LogP contribution is -2.40. The van der Waals surface area contributed by atoms with E-state index in [2.05, 4.69) is 17.0 Å². The summed E-state index contributed by atoms with van der Waals surface area (Å²) in [6, 6.07) is 8.00. The van der Waals surface area contributed by atoms with Crippen LogP contribution in [0, 0.1) is 5.92 Å². The quantitative estimate of drug-likeness (QED) is 0.889. The lowest BCUT2D eigenvalue weighted by atomic mass is 9.93. The molecule has 2 aliphatic heterocycles. The molecule has 136 valence electrons. The summed E-state index contributed by atoms with van der Waals surface area (Å²) < 4.78 is 0. The van der Waals surface area contributed by atoms with E-state index in [1.807, 2.05) is 17.0 Å². The van der Waals surface area contributed by atoms with E-state index in [-0.39, 0.29) is 12.3 Å². The first-order valence-corrected chi connectivity index (χ1v) is 9.49. The summed E-state index contributed by atoms with van der Waals surface area (Å²) in [5.41, 5.74) is 1.94. The van der Waals surface area contributed by atoms with Crippen LogP contribution in [-0.4, -0.2) is 48.1 Å². The van der Waals surface area contributed by atoms with Crippen LogP contribution in [0.4, 0.5) is 5.69 Å². The highest BCUT2D eigenvalue weighted by Crippen LogP contribution is 2.24. The van der Waals surface area contributed by atoms with Gasteiger partial charge in [0, 0.05) is 43.9 Å². The monoisotopic (exact) mass is 344 g/mol. The topological polar surface area (TPSA) is 60.9 Å². The summed E-state index contributed by atoms with van der Waals surface area (Å²) >= 11 is 0. The number of amides is 1. The number of carbonyl (C=O) groups is 2. The van der Waals surface area contributed by atoms with Crippen molar-refractivity contribution >= 4 is 17.6 Å². The summed E-state index contributed by atoms with van der Waals surface area (Å²) in [6.07, 6.45) is 6.63. The Morgan fingerprint density at radius 3 is 2.40 bits per heavy atom. The molecule has 1 aromatic rings. The number of rotatable bonds is 5. The predicted octanol–water partition coefficient (Wildman–Crippen LogP) is 3.39. The highest BCUT2D eigenvalue weighted by molar-refractivity contribution is 5.94. The van der Waals surface area contributed by atoms with E-state index >= 15 is 0 Å². The number of carboxylic acid groups (broad SMARTS) is 1. The average molecular weight is 344 g/mol. The van der Waals surface area contributed by atoms with E-state index in [1.54, 1.807) is 0 Å². The Morgan fingerprint density at radius 1 is 1.00 bits per heavy atom. The second kappa shape index (κ2) is 8.37. The Kier molecular flexibility index (Phi) is 5.95. The van der Waals surface area contributed by atoms with Gasteiger partial charge in [-0.1, -0.05) is 0 Å². The normalized spacial score (nSPS) is 21.2. The van der Waals surface area contributed by atoms with Gasteiger partial charge >= 0.3 is 5.97 Å². The van der Waals surface area contributed by atoms with E-state index in [4.69, 9.17) is 5.11 Å². The van der Waals surface area contributed by atoms with Crippen molar-refractivity contribution in [2.75, 3.05) is 31.1 Å². The minimum atomic E-state index is -0.753. The Bertz CT molecular complexity index is 593. The van der Waals surface area contributed by atoms with Gasteiger partial charge in [0.25, 0.3) is 5.91 Å². The standard InChI is InChI=1S/C20H28N2O3/c23-19(24)11-6-16-5-4-14-22(15-16)20(25)17-7-9-18(10-8-17)21-12-2-1-3-13-21/h7-10,16H,1-6,11-15H2,(H,23,24). The van der Waals surface area contributed by atoms with Crippen molar-refractivity contribution in [3.05, 3.63) is 29.8 Å². The van der Waals surface area contributed by atoms with Crippen LogP contribution in [0.3, 0.4) is 0 Å². The number of carbonyl (C=O) groups excluding carboxylic acids is 1. The van der Waals surface area contributed by atoms with Crippen molar-refractivity contribution in [3.8, 4) is 0 Å². The van der Waals surface area contributed by atoms with Gasteiger partial charge in [0.2, 0.25) is 0 Å². The molecule has 1 unspecified atom stereocenters. The van der Waals surface area contributed by atoms with Gasteiger partial charge in [-0.25, -0.2) is 0 Å². The smallest absolute Gasteiger partial charge is 0.303 e. The minimum absolute atomic E-state index is 0.0743. The summed E-state index contributed by atoms with van der Waals surface area (Å²) in [6.45, 7) is 3.66. The molecule has 1 amide bonds. The molecule has 0 bridgehead atoms. The molecule has 2 fully saturated rings.